The molecule has 2 aliphatic heterocycles. The Labute approximate surface area is 168 Å². The number of fused-ring (bicyclic) bond motifs is 1. The maximum absolute atomic E-state index is 15.4. The minimum atomic E-state index is -3.22. The standard InChI is InChI=1S/C21H32FNO4Si/c1-14-20(26-2)16-9-5-6-10-17(16)27-21(14)18(28(3,4)22)12-19(25)23-11-7-8-15(23)13-24/h5-6,9-10,14-15,18,20-21,24H,7-8,11-13H2,1-4H3/t14-,15-,18?,20-,21-/m0/s1. The summed E-state index contributed by atoms with van der Waals surface area (Å²) in [4.78, 5) is 14.7. The van der Waals surface area contributed by atoms with Crippen LogP contribution in [0.2, 0.25) is 18.6 Å². The number of aliphatic hydroxyl groups excluding tert-OH is 1. The van der Waals surface area contributed by atoms with Crippen molar-refractivity contribution in [1.82, 2.24) is 4.90 Å². The van der Waals surface area contributed by atoms with Crippen LogP contribution in [0.25, 0.3) is 0 Å². The number of para-hydroxylation sites is 1. The molecule has 1 N–H and O–H groups in total. The van der Waals surface area contributed by atoms with Crippen molar-refractivity contribution in [2.24, 2.45) is 5.92 Å². The number of carbonyl (C=O) groups excluding carboxylic acids is 1. The second kappa shape index (κ2) is 8.51. The largest absolute Gasteiger partial charge is 0.490 e. The van der Waals surface area contributed by atoms with Gasteiger partial charge in [0.05, 0.1) is 18.8 Å². The van der Waals surface area contributed by atoms with E-state index in [1.165, 1.54) is 0 Å². The number of hydrogen-bond donors (Lipinski definition) is 1. The Hall–Kier alpha value is -1.44. The van der Waals surface area contributed by atoms with Gasteiger partial charge >= 0.3 is 0 Å². The van der Waals surface area contributed by atoms with Crippen molar-refractivity contribution in [2.75, 3.05) is 20.3 Å². The summed E-state index contributed by atoms with van der Waals surface area (Å²) in [7, 11) is -1.55. The Bertz CT molecular complexity index is 695. The lowest BCUT2D eigenvalue weighted by atomic mass is 9.86. The van der Waals surface area contributed by atoms with Gasteiger partial charge in [-0.15, -0.1) is 0 Å². The second-order valence-corrected chi connectivity index (χ2v) is 12.4. The van der Waals surface area contributed by atoms with Crippen LogP contribution in [0.4, 0.5) is 4.11 Å². The first-order valence-electron chi connectivity index (χ1n) is 10.2. The predicted molar refractivity (Wildman–Crippen MR) is 109 cm³/mol. The Morgan fingerprint density at radius 1 is 1.43 bits per heavy atom. The summed E-state index contributed by atoms with van der Waals surface area (Å²) in [6.45, 7) is 5.91. The van der Waals surface area contributed by atoms with Crippen LogP contribution in [-0.4, -0.2) is 56.7 Å². The average Bonchev–Trinajstić information content (AvgIpc) is 3.14. The number of ether oxygens (including phenoxy) is 2. The zero-order valence-electron chi connectivity index (χ0n) is 17.2. The van der Waals surface area contributed by atoms with Gasteiger partial charge in [-0.2, -0.15) is 0 Å². The van der Waals surface area contributed by atoms with Crippen molar-refractivity contribution < 1.29 is 23.5 Å². The molecular weight excluding hydrogens is 377 g/mol. The van der Waals surface area contributed by atoms with Crippen molar-refractivity contribution >= 4 is 14.3 Å². The molecule has 28 heavy (non-hydrogen) atoms. The zero-order chi connectivity index (χ0) is 20.5. The van der Waals surface area contributed by atoms with E-state index in [4.69, 9.17) is 9.47 Å². The van der Waals surface area contributed by atoms with Crippen LogP contribution in [0.3, 0.4) is 0 Å². The van der Waals surface area contributed by atoms with Crippen molar-refractivity contribution in [2.45, 2.75) is 63.1 Å². The molecule has 1 unspecified atom stereocenters. The monoisotopic (exact) mass is 409 g/mol. The Morgan fingerprint density at radius 3 is 2.79 bits per heavy atom. The molecule has 1 amide bonds. The number of likely N-dealkylation sites (tertiary alicyclic amines) is 1. The molecule has 0 radical (unpaired) electrons. The van der Waals surface area contributed by atoms with Gasteiger partial charge in [0.1, 0.15) is 11.9 Å². The lowest BCUT2D eigenvalue weighted by Gasteiger charge is -2.43. The number of benzene rings is 1. The van der Waals surface area contributed by atoms with Crippen molar-refractivity contribution in [3.05, 3.63) is 29.8 Å². The lowest BCUT2D eigenvalue weighted by Crippen LogP contribution is -2.48. The van der Waals surface area contributed by atoms with Gasteiger partial charge in [-0.1, -0.05) is 25.1 Å². The van der Waals surface area contributed by atoms with E-state index in [1.54, 1.807) is 25.1 Å². The van der Waals surface area contributed by atoms with E-state index in [1.807, 2.05) is 31.2 Å². The van der Waals surface area contributed by atoms with Crippen LogP contribution in [0, 0.1) is 5.92 Å². The second-order valence-electron chi connectivity index (χ2n) is 8.58. The van der Waals surface area contributed by atoms with Gasteiger partial charge in [-0.3, -0.25) is 4.79 Å². The topological polar surface area (TPSA) is 59.0 Å². The summed E-state index contributed by atoms with van der Waals surface area (Å²) in [5, 5.41) is 9.55. The minimum Gasteiger partial charge on any atom is -0.490 e. The van der Waals surface area contributed by atoms with E-state index in [2.05, 4.69) is 0 Å². The first-order valence-corrected chi connectivity index (χ1v) is 13.1. The molecule has 2 aliphatic rings. The maximum Gasteiger partial charge on any atom is 0.248 e. The fourth-order valence-corrected chi connectivity index (χ4v) is 6.54. The molecule has 1 saturated heterocycles. The first-order chi connectivity index (χ1) is 13.3. The van der Waals surface area contributed by atoms with E-state index in [-0.39, 0.29) is 37.0 Å². The van der Waals surface area contributed by atoms with Crippen LogP contribution >= 0.6 is 0 Å². The summed E-state index contributed by atoms with van der Waals surface area (Å²) in [5.74, 6) is 0.554. The highest BCUT2D eigenvalue weighted by atomic mass is 28.4. The summed E-state index contributed by atoms with van der Waals surface area (Å²) in [6.07, 6.45) is 1.18. The van der Waals surface area contributed by atoms with Crippen LogP contribution < -0.4 is 4.74 Å². The summed E-state index contributed by atoms with van der Waals surface area (Å²) >= 11 is 0. The normalized spacial score (nSPS) is 28.6. The SMILES string of the molecule is CO[C@@H]1c2ccccc2O[C@H](C(CC(=O)N2CCC[C@H]2CO)[Si](C)(C)F)[C@H]1C. The summed E-state index contributed by atoms with van der Waals surface area (Å²) in [6, 6.07) is 7.55. The minimum absolute atomic E-state index is 0.0394. The van der Waals surface area contributed by atoms with Gasteiger partial charge in [-0.25, -0.2) is 0 Å². The molecule has 0 aromatic heterocycles. The Balaban J connectivity index is 1.87. The molecule has 0 bridgehead atoms. The molecular formula is C21H32FNO4Si. The van der Waals surface area contributed by atoms with Crippen molar-refractivity contribution in [3.8, 4) is 5.75 Å². The van der Waals surface area contributed by atoms with Crippen LogP contribution in [0.1, 0.15) is 37.9 Å². The molecule has 1 aromatic rings. The smallest absolute Gasteiger partial charge is 0.248 e. The third-order valence-electron chi connectivity index (χ3n) is 6.32. The summed E-state index contributed by atoms with van der Waals surface area (Å²) < 4.78 is 27.5. The number of nitrogens with zero attached hydrogens (tertiary/aromatic N) is 1. The number of hydrogen-bond acceptors (Lipinski definition) is 4. The van der Waals surface area contributed by atoms with Crippen LogP contribution in [-0.2, 0) is 9.53 Å². The molecule has 0 spiro atoms. The molecule has 1 aromatic carbocycles. The van der Waals surface area contributed by atoms with Gasteiger partial charge in [0, 0.05) is 37.1 Å². The first kappa shape index (κ1) is 21.3. The van der Waals surface area contributed by atoms with E-state index in [0.717, 1.165) is 18.4 Å². The highest BCUT2D eigenvalue weighted by molar-refractivity contribution is 6.72. The van der Waals surface area contributed by atoms with E-state index < -0.39 is 20.1 Å². The zero-order valence-corrected chi connectivity index (χ0v) is 18.2. The molecule has 2 heterocycles. The average molecular weight is 410 g/mol. The third kappa shape index (κ3) is 4.11. The Morgan fingerprint density at radius 2 is 2.14 bits per heavy atom. The van der Waals surface area contributed by atoms with Crippen LogP contribution in [0.5, 0.6) is 5.75 Å². The highest BCUT2D eigenvalue weighted by Crippen LogP contribution is 2.47. The van der Waals surface area contributed by atoms with Crippen LogP contribution in [0.15, 0.2) is 24.3 Å². The molecule has 5 atom stereocenters. The van der Waals surface area contributed by atoms with E-state index in [9.17, 15) is 9.90 Å². The molecule has 0 aliphatic carbocycles. The Kier molecular flexibility index (Phi) is 6.46. The molecule has 5 nitrogen and oxygen atoms in total. The fraction of sp³-hybridized carbons (Fsp3) is 0.667. The van der Waals surface area contributed by atoms with Gasteiger partial charge in [0.25, 0.3) is 0 Å². The molecule has 0 saturated carbocycles. The predicted octanol–water partition coefficient (Wildman–Crippen LogP) is 3.69. The van der Waals surface area contributed by atoms with E-state index in [0.29, 0.717) is 12.3 Å². The number of carbonyl (C=O) groups is 1. The number of methoxy groups -OCH3 is 1. The van der Waals surface area contributed by atoms with Gasteiger partial charge in [-0.05, 0) is 32.0 Å². The van der Waals surface area contributed by atoms with Crippen molar-refractivity contribution in [3.63, 3.8) is 0 Å². The van der Waals surface area contributed by atoms with Gasteiger partial charge in [0.2, 0.25) is 14.3 Å². The summed E-state index contributed by atoms with van der Waals surface area (Å²) in [5.41, 5.74) is 0.484. The molecule has 156 valence electrons. The number of amides is 1. The number of halogens is 1. The highest BCUT2D eigenvalue weighted by Gasteiger charge is 2.49. The molecule has 7 heteroatoms. The lowest BCUT2D eigenvalue weighted by molar-refractivity contribution is -0.133. The number of aliphatic hydroxyl groups is 1. The number of rotatable bonds is 6. The van der Waals surface area contributed by atoms with Crippen molar-refractivity contribution in [1.29, 1.82) is 0 Å². The van der Waals surface area contributed by atoms with Gasteiger partial charge in [0.15, 0.2) is 0 Å². The third-order valence-corrected chi connectivity index (χ3v) is 8.62. The maximum atomic E-state index is 15.4. The van der Waals surface area contributed by atoms with E-state index >= 15 is 4.11 Å². The molecule has 3 rings (SSSR count). The molecule has 1 fully saturated rings. The quantitative estimate of drug-likeness (QED) is 0.575. The fourth-order valence-electron chi connectivity index (χ4n) is 4.73. The van der Waals surface area contributed by atoms with Gasteiger partial charge < -0.3 is 23.6 Å².